The topological polar surface area (TPSA) is 94.0 Å². The Morgan fingerprint density at radius 2 is 2.04 bits per heavy atom. The standard InChI is InChI=1S/C21H25N7/c1-4-5-8-21(2,3)27-19-15-12-24-16(11-17(15)25-20(22)26-19)14-6-7-18-23-9-10-28(18)13-14/h6-7,9-13H,4-5,8H2,1-3H3,(H3,22,25,26,27). The Morgan fingerprint density at radius 3 is 2.86 bits per heavy atom. The van der Waals surface area contributed by atoms with Gasteiger partial charge >= 0.3 is 0 Å². The Hall–Kier alpha value is -3.22. The van der Waals surface area contributed by atoms with Crippen molar-refractivity contribution in [1.82, 2.24) is 24.3 Å². The largest absolute Gasteiger partial charge is 0.368 e. The molecule has 4 aromatic rings. The lowest BCUT2D eigenvalue weighted by molar-refractivity contribution is 0.492. The fourth-order valence-corrected chi connectivity index (χ4v) is 3.37. The van der Waals surface area contributed by atoms with Crippen LogP contribution in [-0.2, 0) is 0 Å². The molecule has 4 rings (SSSR count). The molecule has 0 aliphatic heterocycles. The van der Waals surface area contributed by atoms with Crippen LogP contribution in [0.4, 0.5) is 11.8 Å². The highest BCUT2D eigenvalue weighted by Crippen LogP contribution is 2.28. The van der Waals surface area contributed by atoms with Gasteiger partial charge in [0.15, 0.2) is 0 Å². The van der Waals surface area contributed by atoms with Crippen LogP contribution in [0.3, 0.4) is 0 Å². The van der Waals surface area contributed by atoms with E-state index in [-0.39, 0.29) is 11.5 Å². The minimum Gasteiger partial charge on any atom is -0.368 e. The van der Waals surface area contributed by atoms with E-state index in [4.69, 9.17) is 5.73 Å². The minimum absolute atomic E-state index is 0.0884. The zero-order valence-electron chi connectivity index (χ0n) is 16.5. The molecule has 0 aliphatic rings. The van der Waals surface area contributed by atoms with Crippen LogP contribution in [0.1, 0.15) is 40.0 Å². The molecule has 4 heterocycles. The molecular formula is C21H25N7. The van der Waals surface area contributed by atoms with Gasteiger partial charge in [-0.2, -0.15) is 4.98 Å². The Morgan fingerprint density at radius 1 is 1.18 bits per heavy atom. The number of aromatic nitrogens is 5. The third-order valence-electron chi connectivity index (χ3n) is 4.90. The van der Waals surface area contributed by atoms with Gasteiger partial charge in [0.25, 0.3) is 0 Å². The molecule has 4 aromatic heterocycles. The zero-order chi connectivity index (χ0) is 19.7. The number of imidazole rings is 1. The van der Waals surface area contributed by atoms with Crippen molar-refractivity contribution in [2.45, 2.75) is 45.6 Å². The number of unbranched alkanes of at least 4 members (excludes halogenated alkanes) is 1. The zero-order valence-corrected chi connectivity index (χ0v) is 16.5. The molecule has 0 spiro atoms. The van der Waals surface area contributed by atoms with Gasteiger partial charge < -0.3 is 15.5 Å². The monoisotopic (exact) mass is 375 g/mol. The summed E-state index contributed by atoms with van der Waals surface area (Å²) in [5.74, 6) is 0.983. The first kappa shape index (κ1) is 18.2. The van der Waals surface area contributed by atoms with Crippen molar-refractivity contribution in [3.8, 4) is 11.3 Å². The second-order valence-corrected chi connectivity index (χ2v) is 7.74. The van der Waals surface area contributed by atoms with Crippen molar-refractivity contribution in [3.05, 3.63) is 43.0 Å². The summed E-state index contributed by atoms with van der Waals surface area (Å²) in [6.45, 7) is 6.55. The average Bonchev–Trinajstić information content (AvgIpc) is 3.13. The number of hydrogen-bond donors (Lipinski definition) is 2. The lowest BCUT2D eigenvalue weighted by atomic mass is 9.97. The Balaban J connectivity index is 1.73. The summed E-state index contributed by atoms with van der Waals surface area (Å²) in [6.07, 6.45) is 10.9. The number of hydrogen-bond acceptors (Lipinski definition) is 6. The maximum atomic E-state index is 6.00. The van der Waals surface area contributed by atoms with Crippen LogP contribution in [0.15, 0.2) is 43.0 Å². The van der Waals surface area contributed by atoms with Gasteiger partial charge in [-0.1, -0.05) is 19.8 Å². The fourth-order valence-electron chi connectivity index (χ4n) is 3.37. The van der Waals surface area contributed by atoms with Crippen LogP contribution >= 0.6 is 0 Å². The van der Waals surface area contributed by atoms with Gasteiger partial charge in [-0.05, 0) is 38.5 Å². The van der Waals surface area contributed by atoms with E-state index in [1.807, 2.05) is 41.2 Å². The molecule has 28 heavy (non-hydrogen) atoms. The SMILES string of the molecule is CCCCC(C)(C)Nc1nc(N)nc2cc(-c3ccc4nccn4c3)ncc12. The normalized spacial score (nSPS) is 12.0. The molecule has 0 saturated heterocycles. The minimum atomic E-state index is -0.0884. The molecule has 144 valence electrons. The molecule has 0 aromatic carbocycles. The van der Waals surface area contributed by atoms with Crippen molar-refractivity contribution >= 4 is 28.3 Å². The molecule has 3 N–H and O–H groups in total. The van der Waals surface area contributed by atoms with Gasteiger partial charge in [0, 0.05) is 35.9 Å². The van der Waals surface area contributed by atoms with E-state index in [1.165, 1.54) is 0 Å². The first-order chi connectivity index (χ1) is 13.4. The van der Waals surface area contributed by atoms with Crippen LogP contribution in [0.2, 0.25) is 0 Å². The molecule has 0 unspecified atom stereocenters. The number of pyridine rings is 2. The molecule has 0 fully saturated rings. The van der Waals surface area contributed by atoms with Gasteiger partial charge in [0.05, 0.1) is 16.6 Å². The van der Waals surface area contributed by atoms with Crippen LogP contribution in [0.25, 0.3) is 27.8 Å². The first-order valence-electron chi connectivity index (χ1n) is 9.60. The van der Waals surface area contributed by atoms with E-state index in [1.54, 1.807) is 6.20 Å². The Kier molecular flexibility index (Phi) is 4.58. The summed E-state index contributed by atoms with van der Waals surface area (Å²) in [4.78, 5) is 17.8. The van der Waals surface area contributed by atoms with E-state index in [2.05, 4.69) is 46.0 Å². The third kappa shape index (κ3) is 3.60. The van der Waals surface area contributed by atoms with E-state index < -0.39 is 0 Å². The van der Waals surface area contributed by atoms with Gasteiger partial charge in [-0.15, -0.1) is 0 Å². The number of nitrogens with two attached hydrogens (primary N) is 1. The third-order valence-corrected chi connectivity index (χ3v) is 4.90. The summed E-state index contributed by atoms with van der Waals surface area (Å²) in [5.41, 5.74) is 9.40. The summed E-state index contributed by atoms with van der Waals surface area (Å²) in [7, 11) is 0. The predicted molar refractivity (Wildman–Crippen MR) is 113 cm³/mol. The summed E-state index contributed by atoms with van der Waals surface area (Å²) < 4.78 is 1.97. The molecule has 0 aliphatic carbocycles. The van der Waals surface area contributed by atoms with Gasteiger partial charge in [-0.25, -0.2) is 9.97 Å². The van der Waals surface area contributed by atoms with Gasteiger partial charge in [0.1, 0.15) is 11.5 Å². The molecule has 0 radical (unpaired) electrons. The molecule has 7 nitrogen and oxygen atoms in total. The average molecular weight is 375 g/mol. The lowest BCUT2D eigenvalue weighted by Gasteiger charge is -2.27. The molecule has 0 atom stereocenters. The number of nitrogens with zero attached hydrogens (tertiary/aromatic N) is 5. The summed E-state index contributed by atoms with van der Waals surface area (Å²) >= 11 is 0. The smallest absolute Gasteiger partial charge is 0.222 e. The van der Waals surface area contributed by atoms with E-state index in [0.717, 1.165) is 52.9 Å². The van der Waals surface area contributed by atoms with Crippen LogP contribution < -0.4 is 11.1 Å². The quantitative estimate of drug-likeness (QED) is 0.522. The van der Waals surface area contributed by atoms with Crippen molar-refractivity contribution in [2.75, 3.05) is 11.1 Å². The second kappa shape index (κ2) is 7.07. The van der Waals surface area contributed by atoms with Crippen molar-refractivity contribution in [1.29, 1.82) is 0 Å². The van der Waals surface area contributed by atoms with Gasteiger partial charge in [-0.3, -0.25) is 4.98 Å². The van der Waals surface area contributed by atoms with Crippen molar-refractivity contribution in [2.24, 2.45) is 0 Å². The molecule has 7 heteroatoms. The molecule has 0 amide bonds. The van der Waals surface area contributed by atoms with E-state index >= 15 is 0 Å². The number of nitrogen functional groups attached to an aromatic ring is 1. The predicted octanol–water partition coefficient (Wildman–Crippen LogP) is 4.30. The van der Waals surface area contributed by atoms with Crippen molar-refractivity contribution in [3.63, 3.8) is 0 Å². The number of fused-ring (bicyclic) bond motifs is 2. The maximum Gasteiger partial charge on any atom is 0.222 e. The fraction of sp³-hybridized carbons (Fsp3) is 0.333. The Labute approximate surface area is 164 Å². The maximum absolute atomic E-state index is 6.00. The molecule has 0 bridgehead atoms. The van der Waals surface area contributed by atoms with E-state index in [0.29, 0.717) is 0 Å². The Bertz CT molecular complexity index is 1130. The second-order valence-electron chi connectivity index (χ2n) is 7.74. The van der Waals surface area contributed by atoms with Crippen LogP contribution in [0, 0.1) is 0 Å². The lowest BCUT2D eigenvalue weighted by Crippen LogP contribution is -2.31. The van der Waals surface area contributed by atoms with Gasteiger partial charge in [0.2, 0.25) is 5.95 Å². The summed E-state index contributed by atoms with van der Waals surface area (Å²) in [5, 5.41) is 4.40. The van der Waals surface area contributed by atoms with E-state index in [9.17, 15) is 0 Å². The first-order valence-corrected chi connectivity index (χ1v) is 9.60. The highest BCUT2D eigenvalue weighted by Gasteiger charge is 2.19. The summed E-state index contributed by atoms with van der Waals surface area (Å²) in [6, 6.07) is 5.93. The molecular weight excluding hydrogens is 350 g/mol. The number of anilines is 2. The number of nitrogens with one attached hydrogen (secondary N) is 1. The number of rotatable bonds is 6. The highest BCUT2D eigenvalue weighted by atomic mass is 15.1. The van der Waals surface area contributed by atoms with Crippen molar-refractivity contribution < 1.29 is 0 Å². The highest BCUT2D eigenvalue weighted by molar-refractivity contribution is 5.91. The molecule has 0 saturated carbocycles. The van der Waals surface area contributed by atoms with Crippen LogP contribution in [0.5, 0.6) is 0 Å². The van der Waals surface area contributed by atoms with Crippen LogP contribution in [-0.4, -0.2) is 29.9 Å².